The van der Waals surface area contributed by atoms with Crippen LogP contribution in [0.25, 0.3) is 0 Å². The fourth-order valence-corrected chi connectivity index (χ4v) is 7.65. The van der Waals surface area contributed by atoms with E-state index in [-0.39, 0.29) is 12.8 Å². The first-order chi connectivity index (χ1) is 15.3. The molecule has 3 saturated carbocycles. The van der Waals surface area contributed by atoms with Crippen molar-refractivity contribution in [2.75, 3.05) is 14.2 Å². The zero-order valence-corrected chi connectivity index (χ0v) is 19.4. The Morgan fingerprint density at radius 1 is 1.21 bits per heavy atom. The predicted octanol–water partition coefficient (Wildman–Crippen LogP) is 2.77. The van der Waals surface area contributed by atoms with Gasteiger partial charge in [-0.05, 0) is 44.1 Å². The Morgan fingerprint density at radius 2 is 1.82 bits per heavy atom. The van der Waals surface area contributed by atoms with E-state index in [0.717, 1.165) is 12.2 Å². The summed E-state index contributed by atoms with van der Waals surface area (Å²) in [5, 5.41) is 23.0. The van der Waals surface area contributed by atoms with Crippen molar-refractivity contribution in [3.63, 3.8) is 0 Å². The Kier molecular flexibility index (Phi) is 5.56. The van der Waals surface area contributed by atoms with Gasteiger partial charge < -0.3 is 19.7 Å². The lowest BCUT2D eigenvalue weighted by Gasteiger charge is -2.63. The highest BCUT2D eigenvalue weighted by Crippen LogP contribution is 2.71. The van der Waals surface area contributed by atoms with Gasteiger partial charge in [-0.1, -0.05) is 19.9 Å². The number of hydrogen-bond donors (Lipinski definition) is 2. The number of allylic oxidation sites excluding steroid dienone is 4. The maximum absolute atomic E-state index is 17.1. The molecule has 0 aromatic heterocycles. The Labute approximate surface area is 190 Å². The van der Waals surface area contributed by atoms with Crippen molar-refractivity contribution in [2.45, 2.75) is 69.9 Å². The third kappa shape index (κ3) is 2.71. The minimum absolute atomic E-state index is 0.189. The van der Waals surface area contributed by atoms with Gasteiger partial charge in [0.25, 0.3) is 0 Å². The number of Topliss-reactive ketones (excluding diaryl/α,β-unsaturated/α-hetero) is 1. The van der Waals surface area contributed by atoms with Crippen molar-refractivity contribution in [1.29, 1.82) is 0 Å². The largest absolute Gasteiger partial charge is 0.390 e. The van der Waals surface area contributed by atoms with Crippen LogP contribution in [0.4, 0.5) is 13.2 Å². The number of ether oxygens (including phenoxy) is 2. The molecule has 0 aromatic rings. The highest BCUT2D eigenvalue weighted by atomic mass is 19.2. The molecule has 4 rings (SSSR count). The van der Waals surface area contributed by atoms with Crippen molar-refractivity contribution < 1.29 is 42.4 Å². The molecular formula is C24H31F3O6. The highest BCUT2D eigenvalue weighted by molar-refractivity contribution is 6.04. The number of methoxy groups -OCH3 is 2. The standard InChI is InChI=1S/C24H31F3O6/c1-11-8-12-13-9-14(25)17-18(26)15(28)6-7-21(17,2)23(13,27)16(29)10-22(12,3)24(11,31)19(30)20(32-4)33-5/h6-7,11-14,16,20,29,31H,8-10H2,1-5H3/t11-,12+,13+,14+,16+,21+,22+,23+,24+/m1/s1. The molecule has 6 nitrogen and oxygen atoms in total. The van der Waals surface area contributed by atoms with E-state index in [1.54, 1.807) is 13.8 Å². The molecule has 33 heavy (non-hydrogen) atoms. The monoisotopic (exact) mass is 472 g/mol. The minimum Gasteiger partial charge on any atom is -0.390 e. The molecular weight excluding hydrogens is 441 g/mol. The zero-order chi connectivity index (χ0) is 24.7. The summed E-state index contributed by atoms with van der Waals surface area (Å²) in [6.07, 6.45) is -3.63. The van der Waals surface area contributed by atoms with Gasteiger partial charge in [0, 0.05) is 36.5 Å². The van der Waals surface area contributed by atoms with Crippen LogP contribution < -0.4 is 0 Å². The molecule has 9 atom stereocenters. The number of fused-ring (bicyclic) bond motifs is 5. The number of aliphatic hydroxyl groups excluding tert-OH is 1. The van der Waals surface area contributed by atoms with E-state index < -0.39 is 87.8 Å². The van der Waals surface area contributed by atoms with Crippen molar-refractivity contribution in [3.05, 3.63) is 23.6 Å². The topological polar surface area (TPSA) is 93.1 Å². The lowest BCUT2D eigenvalue weighted by atomic mass is 9.44. The van der Waals surface area contributed by atoms with Gasteiger partial charge in [-0.2, -0.15) is 0 Å². The Bertz CT molecular complexity index is 946. The van der Waals surface area contributed by atoms with Crippen LogP contribution in [0, 0.1) is 28.6 Å². The van der Waals surface area contributed by atoms with E-state index in [0.29, 0.717) is 0 Å². The molecule has 9 heteroatoms. The van der Waals surface area contributed by atoms with Gasteiger partial charge in [0.2, 0.25) is 17.9 Å². The smallest absolute Gasteiger partial charge is 0.220 e. The number of alkyl halides is 2. The summed E-state index contributed by atoms with van der Waals surface area (Å²) in [5.41, 5.74) is -8.30. The quantitative estimate of drug-likeness (QED) is 0.612. The summed E-state index contributed by atoms with van der Waals surface area (Å²) < 4.78 is 57.4. The Balaban J connectivity index is 1.86. The second-order valence-corrected chi connectivity index (χ2v) is 10.5. The second-order valence-electron chi connectivity index (χ2n) is 10.5. The summed E-state index contributed by atoms with van der Waals surface area (Å²) in [7, 11) is 2.51. The first-order valence-corrected chi connectivity index (χ1v) is 11.2. The molecule has 4 aliphatic rings. The van der Waals surface area contributed by atoms with Gasteiger partial charge in [0.15, 0.2) is 11.5 Å². The van der Waals surface area contributed by atoms with Gasteiger partial charge in [0.1, 0.15) is 11.8 Å². The van der Waals surface area contributed by atoms with E-state index in [2.05, 4.69) is 0 Å². The molecule has 184 valence electrons. The number of rotatable bonds is 4. The van der Waals surface area contributed by atoms with Gasteiger partial charge in [0.05, 0.1) is 6.10 Å². The SMILES string of the molecule is COC(OC)C(=O)[C@@]1(O)[C@H](C)C[C@H]2[C@@H]3C[C@H](F)C4=C(F)C(=O)C=C[C@]4(C)[C@@]3(F)[C@@H](O)C[C@@]21C. The summed E-state index contributed by atoms with van der Waals surface area (Å²) >= 11 is 0. The van der Waals surface area contributed by atoms with Crippen LogP contribution in [0.15, 0.2) is 23.6 Å². The number of aliphatic hydroxyl groups is 2. The molecule has 0 aromatic carbocycles. The van der Waals surface area contributed by atoms with Crippen LogP contribution >= 0.6 is 0 Å². The maximum Gasteiger partial charge on any atom is 0.220 e. The number of halogens is 3. The molecule has 0 spiro atoms. The second kappa shape index (κ2) is 7.47. The Hall–Kier alpha value is -1.55. The van der Waals surface area contributed by atoms with Gasteiger partial charge in [-0.25, -0.2) is 13.2 Å². The molecule has 0 saturated heterocycles. The van der Waals surface area contributed by atoms with Crippen molar-refractivity contribution >= 4 is 11.6 Å². The van der Waals surface area contributed by atoms with E-state index >= 15 is 8.78 Å². The normalized spacial score (nSPS) is 49.2. The first-order valence-electron chi connectivity index (χ1n) is 11.2. The van der Waals surface area contributed by atoms with E-state index in [1.165, 1.54) is 21.1 Å². The molecule has 0 bridgehead atoms. The number of carbonyl (C=O) groups excluding carboxylic acids is 2. The van der Waals surface area contributed by atoms with Crippen LogP contribution in [-0.2, 0) is 19.1 Å². The maximum atomic E-state index is 17.1. The number of carbonyl (C=O) groups is 2. The van der Waals surface area contributed by atoms with Crippen molar-refractivity contribution in [2.24, 2.45) is 28.6 Å². The van der Waals surface area contributed by atoms with E-state index in [1.807, 2.05) is 0 Å². The van der Waals surface area contributed by atoms with Crippen LogP contribution in [0.5, 0.6) is 0 Å². The van der Waals surface area contributed by atoms with Gasteiger partial charge >= 0.3 is 0 Å². The highest BCUT2D eigenvalue weighted by Gasteiger charge is 2.77. The first kappa shape index (κ1) is 24.6. The molecule has 3 fully saturated rings. The molecule has 0 heterocycles. The van der Waals surface area contributed by atoms with Gasteiger partial charge in [-0.3, -0.25) is 9.59 Å². The summed E-state index contributed by atoms with van der Waals surface area (Å²) in [4.78, 5) is 25.2. The Morgan fingerprint density at radius 3 is 2.39 bits per heavy atom. The number of hydrogen-bond acceptors (Lipinski definition) is 6. The lowest BCUT2D eigenvalue weighted by molar-refractivity contribution is -0.231. The van der Waals surface area contributed by atoms with Crippen LogP contribution in [0.3, 0.4) is 0 Å². The fourth-order valence-electron chi connectivity index (χ4n) is 7.65. The molecule has 4 aliphatic carbocycles. The average molecular weight is 473 g/mol. The third-order valence-electron chi connectivity index (χ3n) is 9.31. The van der Waals surface area contributed by atoms with Crippen LogP contribution in [0.1, 0.15) is 40.0 Å². The summed E-state index contributed by atoms with van der Waals surface area (Å²) in [6.45, 7) is 4.56. The molecule has 0 unspecified atom stereocenters. The van der Waals surface area contributed by atoms with E-state index in [9.17, 15) is 24.2 Å². The fraction of sp³-hybridized carbons (Fsp3) is 0.750. The molecule has 0 radical (unpaired) electrons. The van der Waals surface area contributed by atoms with Gasteiger partial charge in [-0.15, -0.1) is 0 Å². The molecule has 2 N–H and O–H groups in total. The molecule has 0 amide bonds. The summed E-state index contributed by atoms with van der Waals surface area (Å²) in [6, 6.07) is 0. The predicted molar refractivity (Wildman–Crippen MR) is 111 cm³/mol. The van der Waals surface area contributed by atoms with Crippen molar-refractivity contribution in [3.8, 4) is 0 Å². The van der Waals surface area contributed by atoms with E-state index in [4.69, 9.17) is 9.47 Å². The third-order valence-corrected chi connectivity index (χ3v) is 9.31. The average Bonchev–Trinajstić information content (AvgIpc) is 2.95. The van der Waals surface area contributed by atoms with Crippen LogP contribution in [-0.4, -0.2) is 65.8 Å². The van der Waals surface area contributed by atoms with Crippen LogP contribution in [0.2, 0.25) is 0 Å². The minimum atomic E-state index is -2.50. The lowest BCUT2D eigenvalue weighted by Crippen LogP contribution is -2.71. The zero-order valence-electron chi connectivity index (χ0n) is 19.4. The summed E-state index contributed by atoms with van der Waals surface area (Å²) in [5.74, 6) is -5.58. The van der Waals surface area contributed by atoms with Crippen molar-refractivity contribution in [1.82, 2.24) is 0 Å². The molecule has 0 aliphatic heterocycles. The number of ketones is 2.